The van der Waals surface area contributed by atoms with E-state index in [9.17, 15) is 9.18 Å². The minimum Gasteiger partial charge on any atom is -0.352 e. The molecular weight excluding hydrogens is 517 g/mol. The number of aromatic amines is 2. The number of carbonyl (C=O) groups excluding carboxylic acids is 1. The summed E-state index contributed by atoms with van der Waals surface area (Å²) in [6.45, 7) is 0. The molecule has 0 radical (unpaired) electrons. The Bertz CT molecular complexity index is 2050. The molecule has 0 saturated heterocycles. The summed E-state index contributed by atoms with van der Waals surface area (Å²) in [6.07, 6.45) is 8.84. The standard InChI is InChI=1S/C32H22FN7O/c33-23-8-4-7-20(10-23)27-17-35-18-29-25(27)13-28(38-29)31-26-12-22(15-36-32(26)40-39-31)21-11-24(16-34-14-21)37-30(41)9-19-5-2-1-3-6-19/h1-8,10-18,38H,9H2,(H,37,41)(H,36,39,40). The lowest BCUT2D eigenvalue weighted by atomic mass is 10.0. The van der Waals surface area contributed by atoms with E-state index in [4.69, 9.17) is 0 Å². The summed E-state index contributed by atoms with van der Waals surface area (Å²) >= 11 is 0. The Labute approximate surface area is 233 Å². The van der Waals surface area contributed by atoms with E-state index in [2.05, 4.69) is 35.5 Å². The van der Waals surface area contributed by atoms with Gasteiger partial charge in [0, 0.05) is 46.1 Å². The molecule has 9 heteroatoms. The van der Waals surface area contributed by atoms with Crippen molar-refractivity contribution < 1.29 is 9.18 Å². The van der Waals surface area contributed by atoms with Crippen molar-refractivity contribution in [1.82, 2.24) is 30.1 Å². The predicted octanol–water partition coefficient (Wildman–Crippen LogP) is 6.55. The summed E-state index contributed by atoms with van der Waals surface area (Å²) in [5, 5.41) is 12.2. The van der Waals surface area contributed by atoms with Crippen LogP contribution in [0.2, 0.25) is 0 Å². The number of halogens is 1. The number of amides is 1. The molecule has 0 aliphatic heterocycles. The van der Waals surface area contributed by atoms with Crippen molar-refractivity contribution in [2.75, 3.05) is 5.32 Å². The third-order valence-corrected chi connectivity index (χ3v) is 6.92. The first kappa shape index (κ1) is 24.3. The summed E-state index contributed by atoms with van der Waals surface area (Å²) in [4.78, 5) is 29.2. The van der Waals surface area contributed by atoms with Crippen molar-refractivity contribution in [2.45, 2.75) is 6.42 Å². The number of carbonyl (C=O) groups is 1. The Morgan fingerprint density at radius 1 is 0.805 bits per heavy atom. The molecule has 0 aliphatic carbocycles. The maximum absolute atomic E-state index is 13.9. The van der Waals surface area contributed by atoms with E-state index in [0.29, 0.717) is 11.3 Å². The number of hydrogen-bond acceptors (Lipinski definition) is 5. The highest BCUT2D eigenvalue weighted by molar-refractivity contribution is 6.00. The van der Waals surface area contributed by atoms with Crippen LogP contribution in [0.5, 0.6) is 0 Å². The van der Waals surface area contributed by atoms with Gasteiger partial charge in [-0.25, -0.2) is 9.37 Å². The summed E-state index contributed by atoms with van der Waals surface area (Å²) < 4.78 is 13.9. The second-order valence-corrected chi connectivity index (χ2v) is 9.71. The van der Waals surface area contributed by atoms with Gasteiger partial charge in [0.05, 0.1) is 41.4 Å². The van der Waals surface area contributed by atoms with Gasteiger partial charge in [-0.1, -0.05) is 42.5 Å². The molecule has 0 aliphatic rings. The zero-order valence-electron chi connectivity index (χ0n) is 21.6. The first-order valence-electron chi connectivity index (χ1n) is 13.0. The van der Waals surface area contributed by atoms with E-state index in [1.165, 1.54) is 12.1 Å². The molecule has 7 aromatic rings. The number of nitrogens with zero attached hydrogens (tertiary/aromatic N) is 4. The SMILES string of the molecule is O=C(Cc1ccccc1)Nc1cncc(-c2cnc3n[nH]c(-c4cc5c(-c6cccc(F)c6)cncc5[nH]4)c3c2)c1. The van der Waals surface area contributed by atoms with Gasteiger partial charge in [-0.3, -0.25) is 19.9 Å². The van der Waals surface area contributed by atoms with Crippen molar-refractivity contribution in [3.8, 4) is 33.6 Å². The fourth-order valence-electron chi connectivity index (χ4n) is 4.99. The van der Waals surface area contributed by atoms with Crippen molar-refractivity contribution in [3.05, 3.63) is 115 Å². The van der Waals surface area contributed by atoms with Crippen LogP contribution in [0.3, 0.4) is 0 Å². The molecule has 7 rings (SSSR count). The van der Waals surface area contributed by atoms with Crippen molar-refractivity contribution in [3.63, 3.8) is 0 Å². The second kappa shape index (κ2) is 10.1. The van der Waals surface area contributed by atoms with Gasteiger partial charge in [-0.05, 0) is 41.5 Å². The van der Waals surface area contributed by atoms with Crippen LogP contribution in [0, 0.1) is 5.82 Å². The molecule has 0 fully saturated rings. The number of hydrogen-bond donors (Lipinski definition) is 3. The fourth-order valence-corrected chi connectivity index (χ4v) is 4.99. The van der Waals surface area contributed by atoms with Crippen molar-refractivity contribution in [1.29, 1.82) is 0 Å². The predicted molar refractivity (Wildman–Crippen MR) is 156 cm³/mol. The third kappa shape index (κ3) is 4.80. The normalized spacial score (nSPS) is 11.2. The second-order valence-electron chi connectivity index (χ2n) is 9.71. The minimum absolute atomic E-state index is 0.119. The van der Waals surface area contributed by atoms with Crippen LogP contribution in [0.1, 0.15) is 5.56 Å². The summed E-state index contributed by atoms with van der Waals surface area (Å²) in [7, 11) is 0. The quantitative estimate of drug-likeness (QED) is 0.222. The van der Waals surface area contributed by atoms with Crippen LogP contribution in [0.25, 0.3) is 55.6 Å². The van der Waals surface area contributed by atoms with Gasteiger partial charge < -0.3 is 10.3 Å². The van der Waals surface area contributed by atoms with Crippen LogP contribution in [0.4, 0.5) is 10.1 Å². The van der Waals surface area contributed by atoms with Crippen LogP contribution >= 0.6 is 0 Å². The number of pyridine rings is 3. The molecule has 8 nitrogen and oxygen atoms in total. The lowest BCUT2D eigenvalue weighted by Gasteiger charge is -2.07. The summed E-state index contributed by atoms with van der Waals surface area (Å²) in [6, 6.07) is 21.9. The highest BCUT2D eigenvalue weighted by atomic mass is 19.1. The first-order chi connectivity index (χ1) is 20.1. The molecule has 2 aromatic carbocycles. The Hall–Kier alpha value is -5.70. The third-order valence-electron chi connectivity index (χ3n) is 6.92. The van der Waals surface area contributed by atoms with E-state index in [1.54, 1.807) is 37.1 Å². The molecule has 0 saturated carbocycles. The highest BCUT2D eigenvalue weighted by Gasteiger charge is 2.16. The molecular formula is C32H22FN7O. The number of aromatic nitrogens is 6. The zero-order valence-corrected chi connectivity index (χ0v) is 21.6. The average molecular weight is 540 g/mol. The molecule has 0 atom stereocenters. The maximum Gasteiger partial charge on any atom is 0.228 e. The monoisotopic (exact) mass is 539 g/mol. The Balaban J connectivity index is 1.21. The van der Waals surface area contributed by atoms with E-state index < -0.39 is 0 Å². The van der Waals surface area contributed by atoms with Crippen molar-refractivity contribution >= 4 is 33.5 Å². The number of H-pyrrole nitrogens is 2. The van der Waals surface area contributed by atoms with Gasteiger partial charge >= 0.3 is 0 Å². The maximum atomic E-state index is 13.9. The highest BCUT2D eigenvalue weighted by Crippen LogP contribution is 2.34. The topological polar surface area (TPSA) is 112 Å². The minimum atomic E-state index is -0.303. The van der Waals surface area contributed by atoms with E-state index in [-0.39, 0.29) is 18.1 Å². The van der Waals surface area contributed by atoms with Gasteiger partial charge in [0.1, 0.15) is 5.82 Å². The van der Waals surface area contributed by atoms with Crippen molar-refractivity contribution in [2.24, 2.45) is 0 Å². The number of anilines is 1. The van der Waals surface area contributed by atoms with Crippen LogP contribution < -0.4 is 5.32 Å². The lowest BCUT2D eigenvalue weighted by Crippen LogP contribution is -2.14. The molecule has 5 aromatic heterocycles. The van der Waals surface area contributed by atoms with Gasteiger partial charge in [0.2, 0.25) is 5.91 Å². The Kier molecular flexibility index (Phi) is 6.01. The van der Waals surface area contributed by atoms with E-state index in [0.717, 1.165) is 55.5 Å². The van der Waals surface area contributed by atoms with Gasteiger partial charge in [-0.15, -0.1) is 0 Å². The van der Waals surface area contributed by atoms with Crippen LogP contribution in [-0.2, 0) is 11.2 Å². The molecule has 5 heterocycles. The van der Waals surface area contributed by atoms with E-state index in [1.807, 2.05) is 54.6 Å². The van der Waals surface area contributed by atoms with E-state index >= 15 is 0 Å². The van der Waals surface area contributed by atoms with Gasteiger partial charge in [-0.2, -0.15) is 5.10 Å². The van der Waals surface area contributed by atoms with Gasteiger partial charge in [0.25, 0.3) is 0 Å². The largest absolute Gasteiger partial charge is 0.352 e. The Morgan fingerprint density at radius 3 is 2.54 bits per heavy atom. The van der Waals surface area contributed by atoms with Gasteiger partial charge in [0.15, 0.2) is 5.65 Å². The summed E-state index contributed by atoms with van der Waals surface area (Å²) in [5.74, 6) is -0.422. The lowest BCUT2D eigenvalue weighted by molar-refractivity contribution is -0.115. The first-order valence-corrected chi connectivity index (χ1v) is 13.0. The fraction of sp³-hybridized carbons (Fsp3) is 0.0312. The summed E-state index contributed by atoms with van der Waals surface area (Å²) in [5.41, 5.74) is 7.67. The smallest absolute Gasteiger partial charge is 0.228 e. The molecule has 41 heavy (non-hydrogen) atoms. The van der Waals surface area contributed by atoms with Crippen LogP contribution in [0.15, 0.2) is 104 Å². The Morgan fingerprint density at radius 2 is 1.66 bits per heavy atom. The molecule has 0 spiro atoms. The number of benzene rings is 2. The number of fused-ring (bicyclic) bond motifs is 2. The number of nitrogens with one attached hydrogen (secondary N) is 3. The molecule has 198 valence electrons. The van der Waals surface area contributed by atoms with Crippen LogP contribution in [-0.4, -0.2) is 36.0 Å². The molecule has 1 amide bonds. The average Bonchev–Trinajstić information content (AvgIpc) is 3.61. The molecule has 3 N–H and O–H groups in total. The molecule has 0 bridgehead atoms. The molecule has 0 unspecified atom stereocenters. The zero-order chi connectivity index (χ0) is 27.8. The number of rotatable bonds is 6.